The smallest absolute Gasteiger partial charge is 0.234 e. The minimum atomic E-state index is -0.0358. The summed E-state index contributed by atoms with van der Waals surface area (Å²) in [6.07, 6.45) is 0.705. The molecule has 0 aliphatic rings. The van der Waals surface area contributed by atoms with Crippen LogP contribution in [0.15, 0.2) is 59.8 Å². The van der Waals surface area contributed by atoms with Crippen molar-refractivity contribution in [3.8, 4) is 0 Å². The van der Waals surface area contributed by atoms with E-state index < -0.39 is 0 Å². The van der Waals surface area contributed by atoms with E-state index in [2.05, 4.69) is 88.5 Å². The summed E-state index contributed by atoms with van der Waals surface area (Å²) in [6.45, 7) is 8.95. The molecule has 1 aromatic heterocycles. The highest BCUT2D eigenvalue weighted by Gasteiger charge is 2.15. The number of hydrogen-bond acceptors (Lipinski definition) is 4. The molecule has 32 heavy (non-hydrogen) atoms. The Morgan fingerprint density at radius 1 is 1.00 bits per heavy atom. The molecule has 164 valence electrons. The molecule has 1 heterocycles. The van der Waals surface area contributed by atoms with Crippen LogP contribution in [0.5, 0.6) is 0 Å². The summed E-state index contributed by atoms with van der Waals surface area (Å²) in [5.74, 6) is 1.17. The van der Waals surface area contributed by atoms with Gasteiger partial charge in [-0.1, -0.05) is 71.9 Å². The fraction of sp³-hybridized carbons (Fsp3) is 0.269. The SMILES string of the molecule is CCn1c(Cc2cccc3ccccc23)nnc1SCC(=O)Nc1c(C)cc(C)cc1C. The molecule has 0 aliphatic heterocycles. The Balaban J connectivity index is 1.47. The molecule has 1 N–H and O–H groups in total. The number of carbonyl (C=O) groups excluding carboxylic acids is 1. The lowest BCUT2D eigenvalue weighted by molar-refractivity contribution is -0.113. The number of fused-ring (bicyclic) bond motifs is 1. The van der Waals surface area contributed by atoms with Crippen LogP contribution < -0.4 is 5.32 Å². The van der Waals surface area contributed by atoms with Gasteiger partial charge in [-0.2, -0.15) is 0 Å². The third-order valence-corrected chi connectivity index (χ3v) is 6.58. The van der Waals surface area contributed by atoms with Crippen LogP contribution >= 0.6 is 11.8 Å². The monoisotopic (exact) mass is 444 g/mol. The number of benzene rings is 3. The fourth-order valence-corrected chi connectivity index (χ4v) is 5.00. The lowest BCUT2D eigenvalue weighted by Crippen LogP contribution is -2.16. The van der Waals surface area contributed by atoms with E-state index >= 15 is 0 Å². The first kappa shape index (κ1) is 22.1. The zero-order chi connectivity index (χ0) is 22.7. The van der Waals surface area contributed by atoms with E-state index in [1.807, 2.05) is 13.8 Å². The number of rotatable bonds is 7. The molecule has 0 saturated heterocycles. The zero-order valence-electron chi connectivity index (χ0n) is 19.0. The van der Waals surface area contributed by atoms with Crippen molar-refractivity contribution in [2.45, 2.75) is 45.8 Å². The number of anilines is 1. The number of hydrogen-bond donors (Lipinski definition) is 1. The zero-order valence-corrected chi connectivity index (χ0v) is 19.8. The number of aromatic nitrogens is 3. The van der Waals surface area contributed by atoms with Gasteiger partial charge in [0.1, 0.15) is 5.82 Å². The number of thioether (sulfide) groups is 1. The maximum absolute atomic E-state index is 12.6. The Labute approximate surface area is 193 Å². The van der Waals surface area contributed by atoms with Gasteiger partial charge in [0.2, 0.25) is 5.91 Å². The van der Waals surface area contributed by atoms with Crippen molar-refractivity contribution in [2.75, 3.05) is 11.1 Å². The van der Waals surface area contributed by atoms with Crippen molar-refractivity contribution in [3.05, 3.63) is 82.7 Å². The Kier molecular flexibility index (Phi) is 6.61. The van der Waals surface area contributed by atoms with Crippen LogP contribution in [-0.4, -0.2) is 26.4 Å². The van der Waals surface area contributed by atoms with Gasteiger partial charge in [0.15, 0.2) is 5.16 Å². The van der Waals surface area contributed by atoms with E-state index in [1.54, 1.807) is 0 Å². The molecule has 0 bridgehead atoms. The quantitative estimate of drug-likeness (QED) is 0.372. The van der Waals surface area contributed by atoms with Gasteiger partial charge in [0.05, 0.1) is 5.75 Å². The molecule has 4 aromatic rings. The van der Waals surface area contributed by atoms with Crippen LogP contribution in [0.4, 0.5) is 5.69 Å². The number of aryl methyl sites for hydroxylation is 3. The van der Waals surface area contributed by atoms with Crippen LogP contribution in [0.2, 0.25) is 0 Å². The molecular weight excluding hydrogens is 416 g/mol. The molecule has 4 rings (SSSR count). The van der Waals surface area contributed by atoms with Crippen molar-refractivity contribution in [1.29, 1.82) is 0 Å². The highest BCUT2D eigenvalue weighted by molar-refractivity contribution is 7.99. The van der Waals surface area contributed by atoms with Gasteiger partial charge in [-0.3, -0.25) is 4.79 Å². The summed E-state index contributed by atoms with van der Waals surface area (Å²) >= 11 is 1.43. The average molecular weight is 445 g/mol. The molecule has 0 saturated carbocycles. The second kappa shape index (κ2) is 9.57. The van der Waals surface area contributed by atoms with Gasteiger partial charge in [-0.15, -0.1) is 10.2 Å². The molecule has 3 aromatic carbocycles. The normalized spacial score (nSPS) is 11.1. The number of amides is 1. The molecule has 6 heteroatoms. The minimum Gasteiger partial charge on any atom is -0.325 e. The second-order valence-electron chi connectivity index (χ2n) is 8.07. The van der Waals surface area contributed by atoms with E-state index in [-0.39, 0.29) is 5.91 Å². The maximum atomic E-state index is 12.6. The van der Waals surface area contributed by atoms with Crippen LogP contribution in [0.25, 0.3) is 10.8 Å². The van der Waals surface area contributed by atoms with Crippen molar-refractivity contribution >= 4 is 34.1 Å². The molecule has 0 fully saturated rings. The standard InChI is InChI=1S/C26H28N4OS/c1-5-30-23(15-21-11-8-10-20-9-6-7-12-22(20)21)28-29-26(30)32-16-24(31)27-25-18(3)13-17(2)14-19(25)4/h6-14H,5,15-16H2,1-4H3,(H,27,31). The molecule has 0 aliphatic carbocycles. The van der Waals surface area contributed by atoms with Crippen LogP contribution in [0.3, 0.4) is 0 Å². The summed E-state index contributed by atoms with van der Waals surface area (Å²) in [5, 5.41) is 15.1. The van der Waals surface area contributed by atoms with Gasteiger partial charge in [0.25, 0.3) is 0 Å². The lowest BCUT2D eigenvalue weighted by atomic mass is 10.0. The van der Waals surface area contributed by atoms with Crippen LogP contribution in [-0.2, 0) is 17.8 Å². The van der Waals surface area contributed by atoms with Gasteiger partial charge >= 0.3 is 0 Å². The van der Waals surface area contributed by atoms with Gasteiger partial charge in [0, 0.05) is 18.7 Å². The van der Waals surface area contributed by atoms with E-state index in [0.29, 0.717) is 12.2 Å². The highest BCUT2D eigenvalue weighted by Crippen LogP contribution is 2.25. The van der Waals surface area contributed by atoms with E-state index in [0.717, 1.165) is 34.3 Å². The summed E-state index contributed by atoms with van der Waals surface area (Å²) in [7, 11) is 0. The molecule has 0 spiro atoms. The van der Waals surface area contributed by atoms with Crippen LogP contribution in [0.1, 0.15) is 35.0 Å². The Morgan fingerprint density at radius 2 is 1.72 bits per heavy atom. The number of carbonyl (C=O) groups is 1. The summed E-state index contributed by atoms with van der Waals surface area (Å²) in [5.41, 5.74) is 5.48. The molecule has 1 amide bonds. The van der Waals surface area contributed by atoms with Crippen molar-refractivity contribution in [2.24, 2.45) is 0 Å². The third-order valence-electron chi connectivity index (χ3n) is 5.61. The molecule has 0 atom stereocenters. The summed E-state index contributed by atoms with van der Waals surface area (Å²) in [4.78, 5) is 12.6. The lowest BCUT2D eigenvalue weighted by Gasteiger charge is -2.13. The Morgan fingerprint density at radius 3 is 2.47 bits per heavy atom. The van der Waals surface area contributed by atoms with Gasteiger partial charge in [-0.05, 0) is 55.2 Å². The van der Waals surface area contributed by atoms with Gasteiger partial charge < -0.3 is 9.88 Å². The first-order valence-corrected chi connectivity index (χ1v) is 11.8. The minimum absolute atomic E-state index is 0.0358. The third kappa shape index (κ3) is 4.70. The Hall–Kier alpha value is -3.12. The van der Waals surface area contributed by atoms with Crippen molar-refractivity contribution < 1.29 is 4.79 Å². The highest BCUT2D eigenvalue weighted by atomic mass is 32.2. The molecule has 0 radical (unpaired) electrons. The van der Waals surface area contributed by atoms with Crippen molar-refractivity contribution in [1.82, 2.24) is 14.8 Å². The predicted octanol–water partition coefficient (Wildman–Crippen LogP) is 5.70. The van der Waals surface area contributed by atoms with E-state index in [4.69, 9.17) is 0 Å². The first-order valence-electron chi connectivity index (χ1n) is 10.9. The number of nitrogens with zero attached hydrogens (tertiary/aromatic N) is 3. The average Bonchev–Trinajstić information content (AvgIpc) is 3.16. The van der Waals surface area contributed by atoms with E-state index in [9.17, 15) is 4.79 Å². The molecule has 5 nitrogen and oxygen atoms in total. The Bertz CT molecular complexity index is 1250. The maximum Gasteiger partial charge on any atom is 0.234 e. The van der Waals surface area contributed by atoms with Crippen LogP contribution in [0, 0.1) is 20.8 Å². The predicted molar refractivity (Wildman–Crippen MR) is 132 cm³/mol. The summed E-state index contributed by atoms with van der Waals surface area (Å²) in [6, 6.07) is 18.9. The molecular formula is C26H28N4OS. The number of nitrogens with one attached hydrogen (secondary N) is 1. The first-order chi connectivity index (χ1) is 15.5. The summed E-state index contributed by atoms with van der Waals surface area (Å²) < 4.78 is 2.10. The largest absolute Gasteiger partial charge is 0.325 e. The topological polar surface area (TPSA) is 59.8 Å². The van der Waals surface area contributed by atoms with Crippen molar-refractivity contribution in [3.63, 3.8) is 0 Å². The van der Waals surface area contributed by atoms with E-state index in [1.165, 1.54) is 33.7 Å². The fourth-order valence-electron chi connectivity index (χ4n) is 4.17. The molecule has 0 unspecified atom stereocenters. The van der Waals surface area contributed by atoms with Gasteiger partial charge in [-0.25, -0.2) is 0 Å². The second-order valence-corrected chi connectivity index (χ2v) is 9.01.